The summed E-state index contributed by atoms with van der Waals surface area (Å²) in [6.07, 6.45) is 0. The monoisotopic (exact) mass is 411 g/mol. The highest BCUT2D eigenvalue weighted by atomic mass is 79.9. The zero-order valence-corrected chi connectivity index (χ0v) is 14.6. The lowest BCUT2D eigenvalue weighted by Gasteiger charge is -2.15. The van der Waals surface area contributed by atoms with Gasteiger partial charge in [-0.25, -0.2) is 0 Å². The fourth-order valence-electron chi connectivity index (χ4n) is 1.80. The molecule has 2 aromatic carbocycles. The smallest absolute Gasteiger partial charge is 0.258 e. The highest BCUT2D eigenvalue weighted by Crippen LogP contribution is 2.17. The van der Waals surface area contributed by atoms with Crippen molar-refractivity contribution in [2.75, 3.05) is 6.61 Å². The molecule has 0 aromatic heterocycles. The molecule has 1 atom stereocenters. The number of carbonyl (C=O) groups excluding carboxylic acids is 1. The van der Waals surface area contributed by atoms with Crippen LogP contribution in [0.5, 0.6) is 5.75 Å². The molecule has 1 N–H and O–H groups in total. The number of ether oxygens (including phenoxy) is 1. The van der Waals surface area contributed by atoms with Crippen LogP contribution in [-0.4, -0.2) is 12.5 Å². The van der Waals surface area contributed by atoms with E-state index < -0.39 is 0 Å². The predicted molar refractivity (Wildman–Crippen MR) is 90.3 cm³/mol. The van der Waals surface area contributed by atoms with Gasteiger partial charge in [0.2, 0.25) is 0 Å². The van der Waals surface area contributed by atoms with E-state index in [4.69, 9.17) is 4.74 Å². The lowest BCUT2D eigenvalue weighted by atomic mass is 10.1. The van der Waals surface area contributed by atoms with Crippen LogP contribution in [0, 0.1) is 0 Å². The van der Waals surface area contributed by atoms with Gasteiger partial charge >= 0.3 is 0 Å². The number of amides is 1. The normalized spacial score (nSPS) is 11.8. The van der Waals surface area contributed by atoms with Crippen molar-refractivity contribution in [3.8, 4) is 5.75 Å². The number of halogens is 2. The summed E-state index contributed by atoms with van der Waals surface area (Å²) in [6, 6.07) is 15.2. The van der Waals surface area contributed by atoms with Gasteiger partial charge in [-0.1, -0.05) is 44.0 Å². The van der Waals surface area contributed by atoms with Gasteiger partial charge < -0.3 is 10.1 Å². The molecule has 0 aliphatic rings. The highest BCUT2D eigenvalue weighted by molar-refractivity contribution is 9.10. The lowest BCUT2D eigenvalue weighted by molar-refractivity contribution is -0.123. The molecule has 110 valence electrons. The first kappa shape index (κ1) is 16.0. The minimum Gasteiger partial charge on any atom is -0.484 e. The van der Waals surface area contributed by atoms with Crippen molar-refractivity contribution in [1.29, 1.82) is 0 Å². The van der Waals surface area contributed by atoms with Crippen LogP contribution < -0.4 is 10.1 Å². The third-order valence-electron chi connectivity index (χ3n) is 2.93. The number of rotatable bonds is 5. The van der Waals surface area contributed by atoms with Crippen LogP contribution in [0.3, 0.4) is 0 Å². The quantitative estimate of drug-likeness (QED) is 0.786. The Hall–Kier alpha value is -1.33. The standard InChI is InChI=1S/C16H15Br2NO2/c1-11(12-2-4-13(17)5-3-12)19-16(20)10-21-15-8-6-14(18)7-9-15/h2-9,11H,10H2,1H3,(H,19,20). The van der Waals surface area contributed by atoms with Gasteiger partial charge in [-0.15, -0.1) is 0 Å². The average Bonchev–Trinajstić information content (AvgIpc) is 2.47. The Morgan fingerprint density at radius 1 is 1.05 bits per heavy atom. The molecule has 1 amide bonds. The topological polar surface area (TPSA) is 38.3 Å². The number of hydrogen-bond acceptors (Lipinski definition) is 2. The molecule has 0 aliphatic heterocycles. The van der Waals surface area contributed by atoms with E-state index in [9.17, 15) is 4.79 Å². The Labute approximate surface area is 141 Å². The van der Waals surface area contributed by atoms with Gasteiger partial charge in [0, 0.05) is 8.95 Å². The number of nitrogens with one attached hydrogen (secondary N) is 1. The van der Waals surface area contributed by atoms with Crippen LogP contribution in [0.4, 0.5) is 0 Å². The molecular formula is C16H15Br2NO2. The van der Waals surface area contributed by atoms with Gasteiger partial charge in [0.05, 0.1) is 6.04 Å². The molecule has 5 heteroatoms. The van der Waals surface area contributed by atoms with Crippen molar-refractivity contribution in [3.63, 3.8) is 0 Å². The van der Waals surface area contributed by atoms with Gasteiger partial charge in [-0.05, 0) is 48.9 Å². The molecule has 1 unspecified atom stereocenters. The first-order valence-electron chi connectivity index (χ1n) is 6.48. The second-order valence-corrected chi connectivity index (χ2v) is 6.41. The first-order valence-corrected chi connectivity index (χ1v) is 8.06. The van der Waals surface area contributed by atoms with E-state index in [0.29, 0.717) is 5.75 Å². The number of hydrogen-bond donors (Lipinski definition) is 1. The van der Waals surface area contributed by atoms with Crippen LogP contribution >= 0.6 is 31.9 Å². The van der Waals surface area contributed by atoms with E-state index >= 15 is 0 Å². The summed E-state index contributed by atoms with van der Waals surface area (Å²) in [5.74, 6) is 0.526. The Kier molecular flexibility index (Phi) is 5.82. The fraction of sp³-hybridized carbons (Fsp3) is 0.188. The van der Waals surface area contributed by atoms with Crippen molar-refractivity contribution in [1.82, 2.24) is 5.32 Å². The Morgan fingerprint density at radius 3 is 2.14 bits per heavy atom. The molecule has 0 heterocycles. The summed E-state index contributed by atoms with van der Waals surface area (Å²) in [5, 5.41) is 2.91. The van der Waals surface area contributed by atoms with E-state index in [1.807, 2.05) is 55.5 Å². The van der Waals surface area contributed by atoms with E-state index in [1.54, 1.807) is 0 Å². The number of benzene rings is 2. The second kappa shape index (κ2) is 7.61. The summed E-state index contributed by atoms with van der Waals surface area (Å²) in [7, 11) is 0. The maximum absolute atomic E-state index is 11.9. The molecule has 0 saturated heterocycles. The summed E-state index contributed by atoms with van der Waals surface area (Å²) < 4.78 is 7.43. The van der Waals surface area contributed by atoms with E-state index in [2.05, 4.69) is 37.2 Å². The van der Waals surface area contributed by atoms with Crippen molar-refractivity contribution in [2.24, 2.45) is 0 Å². The van der Waals surface area contributed by atoms with Gasteiger partial charge in [-0.2, -0.15) is 0 Å². The Morgan fingerprint density at radius 2 is 1.57 bits per heavy atom. The zero-order chi connectivity index (χ0) is 15.2. The molecule has 2 rings (SSSR count). The van der Waals surface area contributed by atoms with Gasteiger partial charge in [0.1, 0.15) is 5.75 Å². The summed E-state index contributed by atoms with van der Waals surface area (Å²) in [5.41, 5.74) is 1.05. The fourth-order valence-corrected chi connectivity index (χ4v) is 2.33. The summed E-state index contributed by atoms with van der Waals surface area (Å²) in [4.78, 5) is 11.9. The highest BCUT2D eigenvalue weighted by Gasteiger charge is 2.10. The van der Waals surface area contributed by atoms with Crippen molar-refractivity contribution >= 4 is 37.8 Å². The van der Waals surface area contributed by atoms with Crippen molar-refractivity contribution < 1.29 is 9.53 Å². The van der Waals surface area contributed by atoms with E-state index in [-0.39, 0.29) is 18.6 Å². The minimum atomic E-state index is -0.145. The SMILES string of the molecule is CC(NC(=O)COc1ccc(Br)cc1)c1ccc(Br)cc1. The average molecular weight is 413 g/mol. The Balaban J connectivity index is 1.83. The van der Waals surface area contributed by atoms with E-state index in [0.717, 1.165) is 14.5 Å². The third-order valence-corrected chi connectivity index (χ3v) is 3.99. The maximum atomic E-state index is 11.9. The molecule has 0 saturated carbocycles. The summed E-state index contributed by atoms with van der Waals surface area (Å²) in [6.45, 7) is 1.95. The maximum Gasteiger partial charge on any atom is 0.258 e. The molecule has 0 bridgehead atoms. The van der Waals surface area contributed by atoms with Crippen molar-refractivity contribution in [2.45, 2.75) is 13.0 Å². The van der Waals surface area contributed by atoms with E-state index in [1.165, 1.54) is 0 Å². The zero-order valence-electron chi connectivity index (χ0n) is 11.5. The largest absolute Gasteiger partial charge is 0.484 e. The van der Waals surface area contributed by atoms with Crippen LogP contribution in [-0.2, 0) is 4.79 Å². The van der Waals surface area contributed by atoms with Crippen molar-refractivity contribution in [3.05, 3.63) is 63.0 Å². The molecule has 21 heavy (non-hydrogen) atoms. The Bertz CT molecular complexity index is 597. The number of carbonyl (C=O) groups is 1. The molecule has 2 aromatic rings. The van der Waals surface area contributed by atoms with Crippen LogP contribution in [0.15, 0.2) is 57.5 Å². The first-order chi connectivity index (χ1) is 10.0. The molecular weight excluding hydrogens is 398 g/mol. The van der Waals surface area contributed by atoms with Crippen LogP contribution in [0.1, 0.15) is 18.5 Å². The van der Waals surface area contributed by atoms with Crippen LogP contribution in [0.25, 0.3) is 0 Å². The second-order valence-electron chi connectivity index (χ2n) is 4.58. The minimum absolute atomic E-state index is 0.00248. The molecule has 0 spiro atoms. The molecule has 0 aliphatic carbocycles. The molecule has 3 nitrogen and oxygen atoms in total. The van der Waals surface area contributed by atoms with Crippen LogP contribution in [0.2, 0.25) is 0 Å². The van der Waals surface area contributed by atoms with Gasteiger partial charge in [-0.3, -0.25) is 4.79 Å². The lowest BCUT2D eigenvalue weighted by Crippen LogP contribution is -2.31. The molecule has 0 fully saturated rings. The van der Waals surface area contributed by atoms with Gasteiger partial charge in [0.25, 0.3) is 5.91 Å². The third kappa shape index (κ3) is 5.17. The molecule has 0 radical (unpaired) electrons. The predicted octanol–water partition coefficient (Wildman–Crippen LogP) is 4.47. The summed E-state index contributed by atoms with van der Waals surface area (Å²) >= 11 is 6.74. The van der Waals surface area contributed by atoms with Gasteiger partial charge in [0.15, 0.2) is 6.61 Å².